The maximum atomic E-state index is 5.89. The zero-order chi connectivity index (χ0) is 13.8. The molecule has 2 aromatic rings. The van der Waals surface area contributed by atoms with Gasteiger partial charge in [0.15, 0.2) is 0 Å². The summed E-state index contributed by atoms with van der Waals surface area (Å²) in [6.07, 6.45) is 9.95. The van der Waals surface area contributed by atoms with Gasteiger partial charge in [-0.25, -0.2) is 0 Å². The molecule has 1 aliphatic rings. The Kier molecular flexibility index (Phi) is 3.76. The summed E-state index contributed by atoms with van der Waals surface area (Å²) in [6, 6.07) is 10.7. The lowest BCUT2D eigenvalue weighted by Crippen LogP contribution is -2.43. The molecule has 1 heterocycles. The van der Waals surface area contributed by atoms with Crippen molar-refractivity contribution in [1.82, 2.24) is 15.4 Å². The summed E-state index contributed by atoms with van der Waals surface area (Å²) in [5.41, 5.74) is 5.27. The monoisotopic (exact) mass is 268 g/mol. The first kappa shape index (κ1) is 13.2. The van der Waals surface area contributed by atoms with Crippen LogP contribution < -0.4 is 11.3 Å². The highest BCUT2D eigenvalue weighted by atomic mass is 15.2. The van der Waals surface area contributed by atoms with E-state index in [1.165, 1.54) is 18.4 Å². The van der Waals surface area contributed by atoms with Gasteiger partial charge >= 0.3 is 0 Å². The predicted molar refractivity (Wildman–Crippen MR) is 78.7 cm³/mol. The number of nitrogens with one attached hydrogen (secondary N) is 1. The zero-order valence-corrected chi connectivity index (χ0v) is 11.5. The molecule has 0 radical (unpaired) electrons. The van der Waals surface area contributed by atoms with E-state index in [2.05, 4.69) is 45.7 Å². The molecular formula is C16H20N4. The fourth-order valence-electron chi connectivity index (χ4n) is 3.51. The standard InChI is InChI=1S/C16H20N4/c17-20-15(14-12-18-10-11-19-14)16(8-4-5-9-16)13-6-2-1-3-7-13/h1-3,6-7,10-12,15,20H,4-5,8-9,17H2. The summed E-state index contributed by atoms with van der Waals surface area (Å²) < 4.78 is 0. The molecule has 1 saturated carbocycles. The Bertz CT molecular complexity index is 535. The van der Waals surface area contributed by atoms with E-state index >= 15 is 0 Å². The summed E-state index contributed by atoms with van der Waals surface area (Å²) in [6.45, 7) is 0. The van der Waals surface area contributed by atoms with Gasteiger partial charge in [0, 0.05) is 17.8 Å². The molecule has 0 saturated heterocycles. The smallest absolute Gasteiger partial charge is 0.0778 e. The lowest BCUT2D eigenvalue weighted by molar-refractivity contribution is 0.297. The van der Waals surface area contributed by atoms with Gasteiger partial charge in [0.2, 0.25) is 0 Å². The molecule has 1 aromatic heterocycles. The molecule has 0 aliphatic heterocycles. The lowest BCUT2D eigenvalue weighted by Gasteiger charge is -2.37. The lowest BCUT2D eigenvalue weighted by atomic mass is 9.72. The highest BCUT2D eigenvalue weighted by molar-refractivity contribution is 5.31. The van der Waals surface area contributed by atoms with Crippen molar-refractivity contribution in [2.75, 3.05) is 0 Å². The van der Waals surface area contributed by atoms with Gasteiger partial charge in [-0.3, -0.25) is 21.2 Å². The second kappa shape index (κ2) is 5.69. The Morgan fingerprint density at radius 3 is 2.45 bits per heavy atom. The molecule has 1 aromatic carbocycles. The second-order valence-corrected chi connectivity index (χ2v) is 5.46. The molecule has 4 heteroatoms. The van der Waals surface area contributed by atoms with Crippen LogP contribution in [0.5, 0.6) is 0 Å². The predicted octanol–water partition coefficient (Wildman–Crippen LogP) is 2.49. The number of nitrogens with two attached hydrogens (primary N) is 1. The van der Waals surface area contributed by atoms with E-state index in [0.29, 0.717) is 0 Å². The third kappa shape index (κ3) is 2.21. The van der Waals surface area contributed by atoms with Gasteiger partial charge in [0.1, 0.15) is 0 Å². The van der Waals surface area contributed by atoms with E-state index < -0.39 is 0 Å². The Morgan fingerprint density at radius 1 is 1.10 bits per heavy atom. The number of hydrazine groups is 1. The van der Waals surface area contributed by atoms with E-state index in [-0.39, 0.29) is 11.5 Å². The zero-order valence-electron chi connectivity index (χ0n) is 11.5. The van der Waals surface area contributed by atoms with Gasteiger partial charge < -0.3 is 0 Å². The molecular weight excluding hydrogens is 248 g/mol. The fraction of sp³-hybridized carbons (Fsp3) is 0.375. The summed E-state index contributed by atoms with van der Waals surface area (Å²) >= 11 is 0. The van der Waals surface area contributed by atoms with Crippen LogP contribution in [0.1, 0.15) is 43.0 Å². The second-order valence-electron chi connectivity index (χ2n) is 5.46. The third-order valence-corrected chi connectivity index (χ3v) is 4.44. The first-order valence-corrected chi connectivity index (χ1v) is 7.14. The number of benzene rings is 1. The molecule has 1 unspecified atom stereocenters. The first-order valence-electron chi connectivity index (χ1n) is 7.14. The van der Waals surface area contributed by atoms with Gasteiger partial charge in [-0.05, 0) is 18.4 Å². The SMILES string of the molecule is NNC(c1cnccn1)C1(c2ccccc2)CCCC1. The first-order chi connectivity index (χ1) is 9.87. The normalized spacial score (nSPS) is 18.9. The van der Waals surface area contributed by atoms with Crippen LogP contribution >= 0.6 is 0 Å². The molecule has 4 nitrogen and oxygen atoms in total. The molecule has 104 valence electrons. The minimum Gasteiger partial charge on any atom is -0.271 e. The Hall–Kier alpha value is -1.78. The van der Waals surface area contributed by atoms with Crippen molar-refractivity contribution in [3.8, 4) is 0 Å². The van der Waals surface area contributed by atoms with E-state index in [1.54, 1.807) is 12.4 Å². The Morgan fingerprint density at radius 2 is 1.85 bits per heavy atom. The van der Waals surface area contributed by atoms with Crippen LogP contribution in [0.15, 0.2) is 48.9 Å². The quantitative estimate of drug-likeness (QED) is 0.660. The molecule has 3 rings (SSSR count). The van der Waals surface area contributed by atoms with Crippen molar-refractivity contribution in [2.24, 2.45) is 5.84 Å². The fourth-order valence-corrected chi connectivity index (χ4v) is 3.51. The summed E-state index contributed by atoms with van der Waals surface area (Å²) in [5.74, 6) is 5.89. The number of hydrogen-bond acceptors (Lipinski definition) is 4. The van der Waals surface area contributed by atoms with Crippen LogP contribution in [0.25, 0.3) is 0 Å². The van der Waals surface area contributed by atoms with Crippen molar-refractivity contribution >= 4 is 0 Å². The Balaban J connectivity index is 2.06. The van der Waals surface area contributed by atoms with Crippen LogP contribution in [0.4, 0.5) is 0 Å². The minimum atomic E-state index is 0.00102. The average molecular weight is 268 g/mol. The molecule has 1 atom stereocenters. The molecule has 3 N–H and O–H groups in total. The van der Waals surface area contributed by atoms with Crippen LogP contribution in [-0.2, 0) is 5.41 Å². The highest BCUT2D eigenvalue weighted by Crippen LogP contribution is 2.48. The summed E-state index contributed by atoms with van der Waals surface area (Å²) in [5, 5.41) is 0. The Labute approximate surface area is 119 Å². The van der Waals surface area contributed by atoms with Crippen molar-refractivity contribution in [3.05, 3.63) is 60.2 Å². The van der Waals surface area contributed by atoms with Crippen molar-refractivity contribution in [1.29, 1.82) is 0 Å². The van der Waals surface area contributed by atoms with Crippen LogP contribution in [0.3, 0.4) is 0 Å². The summed E-state index contributed by atoms with van der Waals surface area (Å²) in [7, 11) is 0. The third-order valence-electron chi connectivity index (χ3n) is 4.44. The molecule has 0 amide bonds. The van der Waals surface area contributed by atoms with Gasteiger partial charge in [-0.15, -0.1) is 0 Å². The maximum absolute atomic E-state index is 5.89. The van der Waals surface area contributed by atoms with Crippen molar-refractivity contribution in [3.63, 3.8) is 0 Å². The molecule has 20 heavy (non-hydrogen) atoms. The van der Waals surface area contributed by atoms with Gasteiger partial charge in [0.05, 0.1) is 17.9 Å². The largest absolute Gasteiger partial charge is 0.271 e. The maximum Gasteiger partial charge on any atom is 0.0778 e. The van der Waals surface area contributed by atoms with Gasteiger partial charge in [-0.2, -0.15) is 0 Å². The number of rotatable bonds is 4. The highest BCUT2D eigenvalue weighted by Gasteiger charge is 2.43. The van der Waals surface area contributed by atoms with Crippen LogP contribution in [0, 0.1) is 0 Å². The minimum absolute atomic E-state index is 0.00102. The topological polar surface area (TPSA) is 63.8 Å². The van der Waals surface area contributed by atoms with Crippen LogP contribution in [0.2, 0.25) is 0 Å². The van der Waals surface area contributed by atoms with E-state index in [4.69, 9.17) is 5.84 Å². The van der Waals surface area contributed by atoms with E-state index in [1.807, 2.05) is 6.20 Å². The molecule has 1 fully saturated rings. The van der Waals surface area contributed by atoms with Crippen LogP contribution in [-0.4, -0.2) is 9.97 Å². The molecule has 0 spiro atoms. The average Bonchev–Trinajstić information content (AvgIpc) is 3.01. The summed E-state index contributed by atoms with van der Waals surface area (Å²) in [4.78, 5) is 8.65. The van der Waals surface area contributed by atoms with Gasteiger partial charge in [-0.1, -0.05) is 43.2 Å². The number of hydrogen-bond donors (Lipinski definition) is 2. The van der Waals surface area contributed by atoms with Crippen molar-refractivity contribution < 1.29 is 0 Å². The molecule has 0 bridgehead atoms. The molecule has 1 aliphatic carbocycles. The van der Waals surface area contributed by atoms with E-state index in [0.717, 1.165) is 18.5 Å². The number of nitrogens with zero attached hydrogens (tertiary/aromatic N) is 2. The van der Waals surface area contributed by atoms with E-state index in [9.17, 15) is 0 Å². The number of aromatic nitrogens is 2. The van der Waals surface area contributed by atoms with Gasteiger partial charge in [0.25, 0.3) is 0 Å². The van der Waals surface area contributed by atoms with Crippen molar-refractivity contribution in [2.45, 2.75) is 37.1 Å².